The second-order valence-corrected chi connectivity index (χ2v) is 2.24. The van der Waals surface area contributed by atoms with Gasteiger partial charge in [0, 0.05) is 0 Å². The van der Waals surface area contributed by atoms with E-state index >= 15 is 0 Å². The Balaban J connectivity index is 0.000000845. The fourth-order valence-electron chi connectivity index (χ4n) is 0.958. The lowest BCUT2D eigenvalue weighted by atomic mass is 10.5. The summed E-state index contributed by atoms with van der Waals surface area (Å²) in [6, 6.07) is 0. The fourth-order valence-corrected chi connectivity index (χ4v) is 0.958. The van der Waals surface area contributed by atoms with E-state index in [-0.39, 0.29) is 17.3 Å². The molecule has 0 fully saturated rings. The molecule has 0 aliphatic heterocycles. The minimum absolute atomic E-state index is 0. The van der Waals surface area contributed by atoms with Gasteiger partial charge in [0.05, 0.1) is 0 Å². The van der Waals surface area contributed by atoms with Crippen molar-refractivity contribution in [3.63, 3.8) is 0 Å². The van der Waals surface area contributed by atoms with Crippen molar-refractivity contribution in [1.29, 1.82) is 0 Å². The van der Waals surface area contributed by atoms with Crippen molar-refractivity contribution in [3.8, 4) is 0 Å². The van der Waals surface area contributed by atoms with Crippen LogP contribution in [0.3, 0.4) is 0 Å². The van der Waals surface area contributed by atoms with Gasteiger partial charge in [0.2, 0.25) is 0 Å². The van der Waals surface area contributed by atoms with Crippen LogP contribution in [0.25, 0.3) is 11.2 Å². The van der Waals surface area contributed by atoms with Gasteiger partial charge in [0.1, 0.15) is 11.2 Å². The van der Waals surface area contributed by atoms with E-state index < -0.39 is 16.9 Å². The molecule has 0 radical (unpaired) electrons. The Kier molecular flexibility index (Phi) is 1.91. The number of aromatic amines is 4. The highest BCUT2D eigenvalue weighted by molar-refractivity contribution is 5.67. The predicted octanol–water partition coefficient (Wildman–Crippen LogP) is -1.61. The molecule has 0 aliphatic rings. The number of hydrogen-bond acceptors (Lipinski definition) is 4. The van der Waals surface area contributed by atoms with Crippen LogP contribution in [0.4, 0.5) is 0 Å². The summed E-state index contributed by atoms with van der Waals surface area (Å²) in [4.78, 5) is 41.0. The minimum atomic E-state index is -0.650. The summed E-state index contributed by atoms with van der Waals surface area (Å²) in [7, 11) is 0. The van der Waals surface area contributed by atoms with Gasteiger partial charge in [-0.2, -0.15) is 0 Å². The molecule has 0 unspecified atom stereocenters. The molecular weight excluding hydrogens is 178 g/mol. The van der Waals surface area contributed by atoms with Gasteiger partial charge < -0.3 is 6.15 Å². The van der Waals surface area contributed by atoms with Gasteiger partial charge >= 0.3 is 11.4 Å². The summed E-state index contributed by atoms with van der Waals surface area (Å²) < 4.78 is 0. The number of hydrogen-bond donors (Lipinski definition) is 5. The second kappa shape index (κ2) is 2.75. The SMILES string of the molecule is N.O=c1[nH]c(=O)c2[nH]c(=O)[nH]c2[nH]1. The number of fused-ring (bicyclic) bond motifs is 1. The summed E-state index contributed by atoms with van der Waals surface area (Å²) in [5.74, 6) is 0. The molecule has 2 heterocycles. The van der Waals surface area contributed by atoms with Crippen LogP contribution in [-0.2, 0) is 0 Å². The Morgan fingerprint density at radius 1 is 0.769 bits per heavy atom. The molecule has 2 aromatic rings. The van der Waals surface area contributed by atoms with Gasteiger partial charge in [-0.05, 0) is 0 Å². The van der Waals surface area contributed by atoms with Gasteiger partial charge in [-0.1, -0.05) is 0 Å². The number of nitrogens with one attached hydrogen (secondary N) is 4. The normalized spacial score (nSPS) is 9.85. The van der Waals surface area contributed by atoms with Crippen LogP contribution in [0, 0.1) is 0 Å². The van der Waals surface area contributed by atoms with E-state index in [0.29, 0.717) is 0 Å². The first-order chi connectivity index (χ1) is 5.66. The molecule has 8 heteroatoms. The molecule has 7 N–H and O–H groups in total. The zero-order valence-electron chi connectivity index (χ0n) is 6.43. The van der Waals surface area contributed by atoms with Crippen molar-refractivity contribution in [1.82, 2.24) is 26.1 Å². The quantitative estimate of drug-likeness (QED) is 0.335. The standard InChI is InChI=1S/C5H4N4O3.H3N/c10-3-1-2(7-4(11)6-1)8-5(12)9-3;/h(H4,6,7,8,9,10,11,12);1H3. The van der Waals surface area contributed by atoms with E-state index in [2.05, 4.69) is 15.0 Å². The molecule has 0 amide bonds. The minimum Gasteiger partial charge on any atom is -0.344 e. The summed E-state index contributed by atoms with van der Waals surface area (Å²) >= 11 is 0. The molecule has 0 aliphatic carbocycles. The lowest BCUT2D eigenvalue weighted by Crippen LogP contribution is -2.21. The first kappa shape index (κ1) is 9.00. The third-order valence-electron chi connectivity index (χ3n) is 1.42. The second-order valence-electron chi connectivity index (χ2n) is 2.24. The number of rotatable bonds is 0. The Hall–Kier alpha value is -2.09. The summed E-state index contributed by atoms with van der Waals surface area (Å²) in [5.41, 5.74) is -1.65. The van der Waals surface area contributed by atoms with Crippen molar-refractivity contribution in [3.05, 3.63) is 31.3 Å². The number of imidazole rings is 1. The first-order valence-corrected chi connectivity index (χ1v) is 3.11. The van der Waals surface area contributed by atoms with E-state index in [1.165, 1.54) is 0 Å². The molecule has 2 aromatic heterocycles. The largest absolute Gasteiger partial charge is 0.344 e. The van der Waals surface area contributed by atoms with E-state index in [1.807, 2.05) is 4.98 Å². The molecule has 70 valence electrons. The maximum atomic E-state index is 10.9. The van der Waals surface area contributed by atoms with E-state index in [1.54, 1.807) is 0 Å². The molecule has 0 saturated carbocycles. The van der Waals surface area contributed by atoms with Crippen LogP contribution in [0.15, 0.2) is 14.4 Å². The molecule has 0 atom stereocenters. The van der Waals surface area contributed by atoms with E-state index in [0.717, 1.165) is 0 Å². The molecule has 13 heavy (non-hydrogen) atoms. The van der Waals surface area contributed by atoms with Gasteiger partial charge in [0.25, 0.3) is 5.56 Å². The number of H-pyrrole nitrogens is 4. The van der Waals surface area contributed by atoms with E-state index in [9.17, 15) is 14.4 Å². The van der Waals surface area contributed by atoms with Gasteiger partial charge in [0.15, 0.2) is 0 Å². The molecule has 8 nitrogen and oxygen atoms in total. The predicted molar refractivity (Wildman–Crippen MR) is 45.2 cm³/mol. The Labute approximate surface area is 69.6 Å². The van der Waals surface area contributed by atoms with Crippen molar-refractivity contribution in [2.45, 2.75) is 0 Å². The Morgan fingerprint density at radius 3 is 1.92 bits per heavy atom. The highest BCUT2D eigenvalue weighted by Crippen LogP contribution is 1.88. The van der Waals surface area contributed by atoms with Crippen LogP contribution < -0.4 is 23.1 Å². The van der Waals surface area contributed by atoms with Gasteiger partial charge in [-0.25, -0.2) is 9.59 Å². The highest BCUT2D eigenvalue weighted by Gasteiger charge is 2.02. The third-order valence-corrected chi connectivity index (χ3v) is 1.42. The monoisotopic (exact) mass is 185 g/mol. The van der Waals surface area contributed by atoms with Crippen molar-refractivity contribution in [2.24, 2.45) is 0 Å². The van der Waals surface area contributed by atoms with Crippen LogP contribution >= 0.6 is 0 Å². The maximum absolute atomic E-state index is 10.9. The van der Waals surface area contributed by atoms with Crippen LogP contribution in [-0.4, -0.2) is 19.9 Å². The van der Waals surface area contributed by atoms with Gasteiger partial charge in [-0.3, -0.25) is 24.7 Å². The smallest absolute Gasteiger partial charge is 0.327 e. The third kappa shape index (κ3) is 1.29. The summed E-state index contributed by atoms with van der Waals surface area (Å²) in [6.07, 6.45) is 0. The lowest BCUT2D eigenvalue weighted by molar-refractivity contribution is 1.07. The highest BCUT2D eigenvalue weighted by atomic mass is 16.2. The maximum Gasteiger partial charge on any atom is 0.327 e. The number of aromatic nitrogens is 4. The Morgan fingerprint density at radius 2 is 1.31 bits per heavy atom. The van der Waals surface area contributed by atoms with Crippen molar-refractivity contribution >= 4 is 11.2 Å². The summed E-state index contributed by atoms with van der Waals surface area (Å²) in [6.45, 7) is 0. The van der Waals surface area contributed by atoms with Crippen molar-refractivity contribution < 1.29 is 0 Å². The lowest BCUT2D eigenvalue weighted by Gasteiger charge is -1.83. The molecular formula is C5H7N5O3. The average Bonchev–Trinajstić information content (AvgIpc) is 2.29. The van der Waals surface area contributed by atoms with Crippen LogP contribution in [0.5, 0.6) is 0 Å². The molecule has 2 rings (SSSR count). The zero-order valence-corrected chi connectivity index (χ0v) is 6.43. The fraction of sp³-hybridized carbons (Fsp3) is 0. The topological polar surface area (TPSA) is 149 Å². The zero-order chi connectivity index (χ0) is 8.72. The van der Waals surface area contributed by atoms with E-state index in [4.69, 9.17) is 0 Å². The van der Waals surface area contributed by atoms with Crippen LogP contribution in [0.1, 0.15) is 0 Å². The molecule has 0 spiro atoms. The van der Waals surface area contributed by atoms with Crippen molar-refractivity contribution in [2.75, 3.05) is 0 Å². The molecule has 0 aromatic carbocycles. The van der Waals surface area contributed by atoms with Gasteiger partial charge in [-0.15, -0.1) is 0 Å². The summed E-state index contributed by atoms with van der Waals surface area (Å²) in [5, 5.41) is 0. The first-order valence-electron chi connectivity index (χ1n) is 3.11. The molecule has 0 saturated heterocycles. The van der Waals surface area contributed by atoms with Crippen LogP contribution in [0.2, 0.25) is 0 Å². The average molecular weight is 185 g/mol. The Bertz CT molecular complexity index is 584. The molecule has 0 bridgehead atoms.